The summed E-state index contributed by atoms with van der Waals surface area (Å²) in [5, 5.41) is 10.5. The van der Waals surface area contributed by atoms with Crippen LogP contribution in [0.4, 0.5) is 0 Å². The molecule has 0 aliphatic carbocycles. The SMILES string of the molecule is Cc1c(C)c(O)c(C)c(CCC(C)(C)CCCC(C)CCCC(C)CCCC(C)C)c1C. The smallest absolute Gasteiger partial charge is 0.121 e. The fourth-order valence-electron chi connectivity index (χ4n) is 5.26. The Morgan fingerprint density at radius 3 is 1.66 bits per heavy atom. The van der Waals surface area contributed by atoms with Gasteiger partial charge in [0, 0.05) is 0 Å². The van der Waals surface area contributed by atoms with Gasteiger partial charge in [0.1, 0.15) is 5.75 Å². The zero-order valence-corrected chi connectivity index (χ0v) is 23.5. The van der Waals surface area contributed by atoms with Crippen LogP contribution in [0.3, 0.4) is 0 Å². The first-order valence-corrected chi connectivity index (χ1v) is 13.6. The molecule has 1 aromatic rings. The van der Waals surface area contributed by atoms with Crippen LogP contribution in [0.15, 0.2) is 0 Å². The van der Waals surface area contributed by atoms with Crippen molar-refractivity contribution in [1.29, 1.82) is 0 Å². The predicted molar refractivity (Wildman–Crippen MR) is 144 cm³/mol. The van der Waals surface area contributed by atoms with Crippen LogP contribution in [-0.4, -0.2) is 5.11 Å². The van der Waals surface area contributed by atoms with Crippen molar-refractivity contribution < 1.29 is 5.11 Å². The fourth-order valence-corrected chi connectivity index (χ4v) is 5.26. The van der Waals surface area contributed by atoms with E-state index >= 15 is 0 Å². The molecule has 0 amide bonds. The van der Waals surface area contributed by atoms with Crippen LogP contribution in [0, 0.1) is 50.9 Å². The van der Waals surface area contributed by atoms with Crippen LogP contribution < -0.4 is 0 Å². The van der Waals surface area contributed by atoms with E-state index in [1.54, 1.807) is 0 Å². The van der Waals surface area contributed by atoms with Gasteiger partial charge in [-0.3, -0.25) is 0 Å². The molecule has 2 unspecified atom stereocenters. The molecule has 0 aromatic heterocycles. The average Bonchev–Trinajstić information content (AvgIpc) is 2.70. The summed E-state index contributed by atoms with van der Waals surface area (Å²) in [5.41, 5.74) is 6.49. The molecule has 32 heavy (non-hydrogen) atoms. The summed E-state index contributed by atoms with van der Waals surface area (Å²) < 4.78 is 0. The van der Waals surface area contributed by atoms with E-state index in [1.165, 1.54) is 80.9 Å². The molecule has 1 N–H and O–H groups in total. The molecule has 1 heteroatoms. The topological polar surface area (TPSA) is 20.2 Å². The van der Waals surface area contributed by atoms with E-state index < -0.39 is 0 Å². The minimum atomic E-state index is 0.359. The van der Waals surface area contributed by atoms with Crippen LogP contribution in [-0.2, 0) is 6.42 Å². The lowest BCUT2D eigenvalue weighted by atomic mass is 9.79. The maximum Gasteiger partial charge on any atom is 0.121 e. The van der Waals surface area contributed by atoms with Crippen LogP contribution in [0.2, 0.25) is 0 Å². The molecule has 0 heterocycles. The van der Waals surface area contributed by atoms with Gasteiger partial charge in [0.2, 0.25) is 0 Å². The van der Waals surface area contributed by atoms with Crippen molar-refractivity contribution in [3.05, 3.63) is 27.8 Å². The number of phenols is 1. The summed E-state index contributed by atoms with van der Waals surface area (Å²) >= 11 is 0. The van der Waals surface area contributed by atoms with Gasteiger partial charge in [0.15, 0.2) is 0 Å². The molecule has 2 atom stereocenters. The Kier molecular flexibility index (Phi) is 12.4. The van der Waals surface area contributed by atoms with Crippen LogP contribution in [0.5, 0.6) is 5.75 Å². The molecule has 0 saturated carbocycles. The van der Waals surface area contributed by atoms with E-state index in [-0.39, 0.29) is 0 Å². The van der Waals surface area contributed by atoms with E-state index in [2.05, 4.69) is 62.3 Å². The lowest BCUT2D eigenvalue weighted by Gasteiger charge is -2.27. The molecule has 0 fully saturated rings. The molecule has 0 bridgehead atoms. The zero-order chi connectivity index (χ0) is 24.5. The summed E-state index contributed by atoms with van der Waals surface area (Å²) in [5.74, 6) is 3.11. The van der Waals surface area contributed by atoms with Gasteiger partial charge in [0.25, 0.3) is 0 Å². The van der Waals surface area contributed by atoms with Crippen LogP contribution in [0.1, 0.15) is 134 Å². The van der Waals surface area contributed by atoms with Crippen molar-refractivity contribution in [2.75, 3.05) is 0 Å². The van der Waals surface area contributed by atoms with Crippen molar-refractivity contribution in [3.63, 3.8) is 0 Å². The molecule has 0 saturated heterocycles. The van der Waals surface area contributed by atoms with E-state index in [9.17, 15) is 5.11 Å². The first-order valence-electron chi connectivity index (χ1n) is 13.6. The van der Waals surface area contributed by atoms with Gasteiger partial charge in [-0.05, 0) is 97.9 Å². The molecule has 0 spiro atoms. The highest BCUT2D eigenvalue weighted by atomic mass is 16.3. The van der Waals surface area contributed by atoms with Gasteiger partial charge in [-0.1, -0.05) is 92.9 Å². The standard InChI is InChI=1S/C31H56O/c1-22(2)14-11-15-23(3)16-12-17-24(4)18-13-20-31(9,10)21-19-29-26(6)25(5)27(7)30(32)28(29)8/h22-24,32H,11-21H2,1-10H3. The average molecular weight is 445 g/mol. The fraction of sp³-hybridized carbons (Fsp3) is 0.806. The minimum Gasteiger partial charge on any atom is -0.507 e. The molecular weight excluding hydrogens is 388 g/mol. The van der Waals surface area contributed by atoms with Gasteiger partial charge < -0.3 is 5.11 Å². The van der Waals surface area contributed by atoms with Crippen molar-refractivity contribution in [2.45, 2.75) is 140 Å². The normalized spacial score (nSPS) is 14.2. The highest BCUT2D eigenvalue weighted by molar-refractivity contribution is 5.53. The van der Waals surface area contributed by atoms with Crippen molar-refractivity contribution in [2.24, 2.45) is 23.2 Å². The van der Waals surface area contributed by atoms with E-state index in [4.69, 9.17) is 0 Å². The maximum atomic E-state index is 10.5. The number of rotatable bonds is 15. The second kappa shape index (κ2) is 13.7. The number of aromatic hydroxyl groups is 1. The van der Waals surface area contributed by atoms with Crippen molar-refractivity contribution in [3.8, 4) is 5.75 Å². The third-order valence-electron chi connectivity index (χ3n) is 8.22. The number of hydrogen-bond donors (Lipinski definition) is 1. The number of benzene rings is 1. The van der Waals surface area contributed by atoms with Gasteiger partial charge in [-0.25, -0.2) is 0 Å². The van der Waals surface area contributed by atoms with Gasteiger partial charge in [-0.2, -0.15) is 0 Å². The van der Waals surface area contributed by atoms with Crippen LogP contribution in [0.25, 0.3) is 0 Å². The van der Waals surface area contributed by atoms with Crippen molar-refractivity contribution >= 4 is 0 Å². The molecule has 186 valence electrons. The Hall–Kier alpha value is -0.980. The summed E-state index contributed by atoms with van der Waals surface area (Å²) in [6, 6.07) is 0. The first kappa shape index (κ1) is 29.1. The summed E-state index contributed by atoms with van der Waals surface area (Å²) in [6.07, 6.45) is 14.7. The largest absolute Gasteiger partial charge is 0.507 e. The molecule has 1 nitrogen and oxygen atoms in total. The van der Waals surface area contributed by atoms with E-state index in [0.717, 1.165) is 35.3 Å². The van der Waals surface area contributed by atoms with Gasteiger partial charge >= 0.3 is 0 Å². The molecule has 0 aliphatic rings. The highest BCUT2D eigenvalue weighted by Crippen LogP contribution is 2.36. The monoisotopic (exact) mass is 444 g/mol. The molecule has 0 aliphatic heterocycles. The van der Waals surface area contributed by atoms with Gasteiger partial charge in [-0.15, -0.1) is 0 Å². The second-order valence-electron chi connectivity index (χ2n) is 12.3. The van der Waals surface area contributed by atoms with Crippen molar-refractivity contribution in [1.82, 2.24) is 0 Å². The summed E-state index contributed by atoms with van der Waals surface area (Å²) in [4.78, 5) is 0. The molecule has 0 radical (unpaired) electrons. The summed E-state index contributed by atoms with van der Waals surface area (Å²) in [7, 11) is 0. The number of hydrogen-bond acceptors (Lipinski definition) is 1. The Bertz CT molecular complexity index is 653. The van der Waals surface area contributed by atoms with Gasteiger partial charge in [0.05, 0.1) is 0 Å². The second-order valence-corrected chi connectivity index (χ2v) is 12.3. The lowest BCUT2D eigenvalue weighted by molar-refractivity contribution is 0.282. The Labute approximate surface area is 201 Å². The maximum absolute atomic E-state index is 10.5. The highest BCUT2D eigenvalue weighted by Gasteiger charge is 2.21. The quantitative estimate of drug-likeness (QED) is 0.285. The first-order chi connectivity index (χ1) is 14.9. The zero-order valence-electron chi connectivity index (χ0n) is 23.5. The third-order valence-corrected chi connectivity index (χ3v) is 8.22. The summed E-state index contributed by atoms with van der Waals surface area (Å²) in [6.45, 7) is 22.9. The Balaban J connectivity index is 2.36. The molecule has 1 aromatic carbocycles. The van der Waals surface area contributed by atoms with E-state index in [1.807, 2.05) is 6.92 Å². The predicted octanol–water partition coefficient (Wildman–Crippen LogP) is 10.0. The molecule has 1 rings (SSSR count). The minimum absolute atomic E-state index is 0.359. The van der Waals surface area contributed by atoms with Crippen LogP contribution >= 0.6 is 0 Å². The lowest BCUT2D eigenvalue weighted by Crippen LogP contribution is -2.14. The Morgan fingerprint density at radius 2 is 1.12 bits per heavy atom. The third kappa shape index (κ3) is 9.88. The molecular formula is C31H56O. The Morgan fingerprint density at radius 1 is 0.625 bits per heavy atom. The number of phenolic OH excluding ortho intramolecular Hbond substituents is 1. The van der Waals surface area contributed by atoms with E-state index in [0.29, 0.717) is 11.2 Å².